The summed E-state index contributed by atoms with van der Waals surface area (Å²) in [5.41, 5.74) is 12.2. The zero-order chi connectivity index (χ0) is 36.7. The van der Waals surface area contributed by atoms with Gasteiger partial charge >= 0.3 is 0 Å². The number of fused-ring (bicyclic) bond motifs is 12. The van der Waals surface area contributed by atoms with E-state index in [1.165, 1.54) is 76.4 Å². The maximum absolute atomic E-state index is 6.80. The van der Waals surface area contributed by atoms with Crippen LogP contribution < -0.4 is 0 Å². The molecule has 0 aliphatic carbocycles. The Balaban J connectivity index is 1.10. The van der Waals surface area contributed by atoms with Crippen molar-refractivity contribution in [1.29, 1.82) is 0 Å². The second-order valence-electron chi connectivity index (χ2n) is 14.9. The number of aromatic nitrogens is 1. The molecule has 2 heterocycles. The van der Waals surface area contributed by atoms with Crippen LogP contribution in [0.5, 0.6) is 0 Å². The first-order valence-corrected chi connectivity index (χ1v) is 19.3. The highest BCUT2D eigenvalue weighted by Crippen LogP contribution is 2.43. The van der Waals surface area contributed by atoms with Crippen molar-refractivity contribution in [2.24, 2.45) is 0 Å². The number of para-hydroxylation sites is 1. The lowest BCUT2D eigenvalue weighted by Gasteiger charge is -2.14. The molecule has 0 aliphatic heterocycles. The van der Waals surface area contributed by atoms with E-state index in [1.807, 2.05) is 0 Å². The Morgan fingerprint density at radius 1 is 0.286 bits per heavy atom. The average Bonchev–Trinajstić information content (AvgIpc) is 3.81. The van der Waals surface area contributed by atoms with Gasteiger partial charge in [-0.3, -0.25) is 0 Å². The fourth-order valence-corrected chi connectivity index (χ4v) is 9.15. The topological polar surface area (TPSA) is 18.1 Å². The van der Waals surface area contributed by atoms with E-state index in [4.69, 9.17) is 4.42 Å². The summed E-state index contributed by atoms with van der Waals surface area (Å²) in [4.78, 5) is 0. The third-order valence-electron chi connectivity index (χ3n) is 11.8. The van der Waals surface area contributed by atoms with E-state index in [1.54, 1.807) is 0 Å². The molecule has 2 nitrogen and oxygen atoms in total. The molecule has 0 amide bonds. The number of hydrogen-bond donors (Lipinski definition) is 0. The molecule has 0 atom stereocenters. The minimum Gasteiger partial charge on any atom is -0.455 e. The van der Waals surface area contributed by atoms with Crippen LogP contribution in [0.15, 0.2) is 205 Å². The molecule has 0 radical (unpaired) electrons. The van der Waals surface area contributed by atoms with E-state index in [9.17, 15) is 0 Å². The quantitative estimate of drug-likeness (QED) is 0.166. The van der Waals surface area contributed by atoms with Crippen LogP contribution in [0.3, 0.4) is 0 Å². The number of nitrogens with zero attached hydrogens (tertiary/aromatic N) is 1. The molecule has 0 fully saturated rings. The van der Waals surface area contributed by atoms with E-state index in [-0.39, 0.29) is 0 Å². The highest BCUT2D eigenvalue weighted by atomic mass is 16.3. The summed E-state index contributed by atoms with van der Waals surface area (Å²) in [7, 11) is 0. The van der Waals surface area contributed by atoms with Gasteiger partial charge in [-0.1, -0.05) is 146 Å². The van der Waals surface area contributed by atoms with Crippen molar-refractivity contribution in [3.05, 3.63) is 200 Å². The molecular formula is C54H33NO. The van der Waals surface area contributed by atoms with Crippen LogP contribution in [-0.2, 0) is 0 Å². The smallest absolute Gasteiger partial charge is 0.143 e. The summed E-state index contributed by atoms with van der Waals surface area (Å²) in [6.07, 6.45) is 0. The molecule has 10 aromatic carbocycles. The molecular weight excluding hydrogens is 679 g/mol. The van der Waals surface area contributed by atoms with Gasteiger partial charge in [0.25, 0.3) is 0 Å². The Hall–Kier alpha value is -7.42. The zero-order valence-corrected chi connectivity index (χ0v) is 30.4. The van der Waals surface area contributed by atoms with Gasteiger partial charge < -0.3 is 8.98 Å². The second kappa shape index (κ2) is 12.0. The van der Waals surface area contributed by atoms with Gasteiger partial charge in [0.15, 0.2) is 0 Å². The zero-order valence-electron chi connectivity index (χ0n) is 30.4. The fourth-order valence-electron chi connectivity index (χ4n) is 9.15. The van der Waals surface area contributed by atoms with Gasteiger partial charge in [-0.05, 0) is 115 Å². The van der Waals surface area contributed by atoms with E-state index >= 15 is 0 Å². The Morgan fingerprint density at radius 3 is 1.54 bits per heavy atom. The Kier molecular flexibility index (Phi) is 6.66. The second-order valence-corrected chi connectivity index (χ2v) is 14.9. The van der Waals surface area contributed by atoms with E-state index in [2.05, 4.69) is 205 Å². The van der Waals surface area contributed by atoms with E-state index < -0.39 is 0 Å². The van der Waals surface area contributed by atoms with Gasteiger partial charge in [-0.15, -0.1) is 0 Å². The Morgan fingerprint density at radius 2 is 0.821 bits per heavy atom. The molecule has 0 aliphatic rings. The molecule has 0 saturated carbocycles. The third-order valence-corrected chi connectivity index (χ3v) is 11.8. The average molecular weight is 712 g/mol. The summed E-state index contributed by atoms with van der Waals surface area (Å²) in [6.45, 7) is 0. The van der Waals surface area contributed by atoms with Crippen LogP contribution in [0.2, 0.25) is 0 Å². The largest absolute Gasteiger partial charge is 0.455 e. The van der Waals surface area contributed by atoms with Crippen molar-refractivity contribution in [3.63, 3.8) is 0 Å². The monoisotopic (exact) mass is 711 g/mol. The fraction of sp³-hybridized carbons (Fsp3) is 0. The first-order chi connectivity index (χ1) is 27.8. The summed E-state index contributed by atoms with van der Waals surface area (Å²) in [5.74, 6) is 0. The van der Waals surface area contributed by atoms with Crippen LogP contribution in [-0.4, -0.2) is 4.57 Å². The van der Waals surface area contributed by atoms with E-state index in [0.29, 0.717) is 0 Å². The van der Waals surface area contributed by atoms with Crippen LogP contribution in [0.1, 0.15) is 0 Å². The molecule has 0 saturated heterocycles. The SMILES string of the molecule is c1ccc(-c2ccc3oc4c(-c5ccc6c(c5)c5ccccc5n6-c5ccc6c7ccccc7c7ccccc7c6c5)cc(-c5ccccc5)cc4c3c2)cc1. The summed E-state index contributed by atoms with van der Waals surface area (Å²) >= 11 is 0. The molecule has 2 heteroatoms. The van der Waals surface area contributed by atoms with Gasteiger partial charge in [0, 0.05) is 32.8 Å². The summed E-state index contributed by atoms with van der Waals surface area (Å²) < 4.78 is 9.23. The molecule has 0 spiro atoms. The first kappa shape index (κ1) is 31.0. The van der Waals surface area contributed by atoms with E-state index in [0.717, 1.165) is 38.8 Å². The minimum atomic E-state index is 0.889. The van der Waals surface area contributed by atoms with Crippen molar-refractivity contribution in [2.75, 3.05) is 0 Å². The minimum absolute atomic E-state index is 0.889. The summed E-state index contributed by atoms with van der Waals surface area (Å²) in [6, 6.07) is 72.7. The predicted molar refractivity (Wildman–Crippen MR) is 237 cm³/mol. The normalized spacial score (nSPS) is 11.9. The number of benzene rings is 10. The van der Waals surface area contributed by atoms with Crippen LogP contribution in [0.4, 0.5) is 0 Å². The van der Waals surface area contributed by atoms with Gasteiger partial charge in [0.05, 0.1) is 11.0 Å². The van der Waals surface area contributed by atoms with Crippen molar-refractivity contribution in [2.45, 2.75) is 0 Å². The predicted octanol–water partition coefficient (Wildman–Crippen LogP) is 15.1. The van der Waals surface area contributed by atoms with Crippen LogP contribution >= 0.6 is 0 Å². The summed E-state index contributed by atoms with van der Waals surface area (Å²) in [5, 5.41) is 12.3. The number of furan rings is 1. The third kappa shape index (κ3) is 4.63. The lowest BCUT2D eigenvalue weighted by molar-refractivity contribution is 0.670. The van der Waals surface area contributed by atoms with Crippen LogP contribution in [0, 0.1) is 0 Å². The molecule has 0 unspecified atom stereocenters. The molecule has 0 N–H and O–H groups in total. The van der Waals surface area contributed by atoms with Crippen molar-refractivity contribution in [3.8, 4) is 39.1 Å². The first-order valence-electron chi connectivity index (χ1n) is 19.3. The van der Waals surface area contributed by atoms with Gasteiger partial charge in [0.1, 0.15) is 11.2 Å². The number of hydrogen-bond acceptors (Lipinski definition) is 1. The maximum atomic E-state index is 6.80. The standard InChI is InChI=1S/C54H33NO/c1-3-13-34(14-4-1)36-24-28-53-49(29-36)50-32-38(35-15-5-2-6-16-35)31-46(54(50)56-53)37-23-27-52-48(30-37)45-21-11-12-22-51(45)55(52)39-25-26-44-42-19-8-7-17-40(42)41-18-9-10-20-43(41)47(44)33-39/h1-33H. The van der Waals surface area contributed by atoms with Crippen molar-refractivity contribution in [1.82, 2.24) is 4.57 Å². The van der Waals surface area contributed by atoms with Gasteiger partial charge in [0.2, 0.25) is 0 Å². The van der Waals surface area contributed by atoms with Gasteiger partial charge in [-0.25, -0.2) is 0 Å². The maximum Gasteiger partial charge on any atom is 0.143 e. The van der Waals surface area contributed by atoms with Crippen LogP contribution in [0.25, 0.3) is 115 Å². The Bertz CT molecular complexity index is 3480. The van der Waals surface area contributed by atoms with Gasteiger partial charge in [-0.2, -0.15) is 0 Å². The molecule has 2 aromatic heterocycles. The molecule has 12 rings (SSSR count). The molecule has 0 bridgehead atoms. The lowest BCUT2D eigenvalue weighted by atomic mass is 9.94. The molecule has 56 heavy (non-hydrogen) atoms. The number of rotatable bonds is 4. The Labute approximate surface area is 323 Å². The molecule has 12 aromatic rings. The van der Waals surface area contributed by atoms with Crippen molar-refractivity contribution < 1.29 is 4.42 Å². The highest BCUT2D eigenvalue weighted by molar-refractivity contribution is 6.26. The lowest BCUT2D eigenvalue weighted by Crippen LogP contribution is -1.94. The molecule has 260 valence electrons. The van der Waals surface area contributed by atoms with Crippen molar-refractivity contribution >= 4 is 76.1 Å². The highest BCUT2D eigenvalue weighted by Gasteiger charge is 2.19.